The maximum absolute atomic E-state index is 6.65. The van der Waals surface area contributed by atoms with Crippen LogP contribution in [0, 0.1) is 6.92 Å². The zero-order valence-electron chi connectivity index (χ0n) is 38.9. The van der Waals surface area contributed by atoms with E-state index >= 15 is 0 Å². The molecule has 2 atom stereocenters. The van der Waals surface area contributed by atoms with E-state index in [0.717, 1.165) is 34.0 Å². The third kappa shape index (κ3) is 5.42. The Kier molecular flexibility index (Phi) is 8.26. The standard InChI is InChI=1S/C59H58BN3O/c1-37-33-50-55-51(34-37)62(48-20-16-22-53-54(48)42-17-10-13-21-52(42)64-53)49-36-41(63-46-19-12-11-18-43(46)58(8)31-14-15-32-59(58,63)9)28-29-44(49)60(55)45-35-39(57(5,6)7)25-30-47(45)61(50)40-26-23-38(24-27-40)56(2,3)4/h10-13,16-30,33-36H,14-15,31-32H2,1-9H3. The molecule has 64 heavy (non-hydrogen) atoms. The quantitative estimate of drug-likeness (QED) is 0.165. The SMILES string of the molecule is Cc1cc2c3c(c1)N(c1cccc4oc5ccccc5c14)c1cc(N4c5ccccc5C5(C)CCCCC45C)ccc1B3c1cc(C(C)(C)C)ccc1N2c1ccc(C(C)(C)C)cc1. The summed E-state index contributed by atoms with van der Waals surface area (Å²) in [5.41, 5.74) is 21.1. The molecule has 3 aliphatic heterocycles. The van der Waals surface area contributed by atoms with Crippen LogP contribution in [0.25, 0.3) is 21.9 Å². The number of rotatable bonds is 3. The first-order valence-corrected chi connectivity index (χ1v) is 23.6. The lowest BCUT2D eigenvalue weighted by Gasteiger charge is -2.50. The molecule has 1 saturated carbocycles. The van der Waals surface area contributed by atoms with E-state index in [1.54, 1.807) is 0 Å². The molecule has 8 aromatic rings. The smallest absolute Gasteiger partial charge is 0.252 e. The molecule has 7 aromatic carbocycles. The largest absolute Gasteiger partial charge is 0.456 e. The number of aryl methyl sites for hydroxylation is 1. The third-order valence-corrected chi connectivity index (χ3v) is 15.9. The van der Waals surface area contributed by atoms with Crippen molar-refractivity contribution in [3.8, 4) is 0 Å². The second-order valence-electron chi connectivity index (χ2n) is 21.8. The minimum atomic E-state index is -0.0623. The highest BCUT2D eigenvalue weighted by Gasteiger charge is 2.58. The summed E-state index contributed by atoms with van der Waals surface area (Å²) < 4.78 is 6.65. The van der Waals surface area contributed by atoms with Gasteiger partial charge in [0.05, 0.1) is 16.6 Å². The van der Waals surface area contributed by atoms with Gasteiger partial charge in [0, 0.05) is 50.6 Å². The van der Waals surface area contributed by atoms with Crippen LogP contribution in [0.5, 0.6) is 0 Å². The highest BCUT2D eigenvalue weighted by molar-refractivity contribution is 7.00. The van der Waals surface area contributed by atoms with Crippen LogP contribution in [0.15, 0.2) is 144 Å². The van der Waals surface area contributed by atoms with Crippen LogP contribution in [0.3, 0.4) is 0 Å². The molecule has 4 aliphatic rings. The van der Waals surface area contributed by atoms with E-state index in [4.69, 9.17) is 4.42 Å². The summed E-state index contributed by atoms with van der Waals surface area (Å²) in [5, 5.41) is 2.27. The Morgan fingerprint density at radius 1 is 0.531 bits per heavy atom. The summed E-state index contributed by atoms with van der Waals surface area (Å²) in [6.07, 6.45) is 4.86. The van der Waals surface area contributed by atoms with E-state index in [2.05, 4.69) is 217 Å². The molecule has 0 N–H and O–H groups in total. The highest BCUT2D eigenvalue weighted by Crippen LogP contribution is 2.61. The van der Waals surface area contributed by atoms with E-state index in [-0.39, 0.29) is 28.5 Å². The molecule has 4 nitrogen and oxygen atoms in total. The van der Waals surface area contributed by atoms with Gasteiger partial charge >= 0.3 is 0 Å². The van der Waals surface area contributed by atoms with Gasteiger partial charge in [0.25, 0.3) is 6.71 Å². The molecular weight excluding hydrogens is 777 g/mol. The molecule has 0 spiro atoms. The summed E-state index contributed by atoms with van der Waals surface area (Å²) >= 11 is 0. The average Bonchev–Trinajstić information content (AvgIpc) is 3.75. The van der Waals surface area contributed by atoms with Gasteiger partial charge in [0.2, 0.25) is 0 Å². The lowest BCUT2D eigenvalue weighted by Crippen LogP contribution is -2.61. The number of hydrogen-bond acceptors (Lipinski definition) is 4. The Morgan fingerprint density at radius 2 is 1.19 bits per heavy atom. The number of furan rings is 1. The zero-order chi connectivity index (χ0) is 44.1. The Hall–Kier alpha value is -6.20. The molecule has 0 saturated heterocycles. The molecule has 1 fully saturated rings. The fourth-order valence-electron chi connectivity index (χ4n) is 12.4. The van der Waals surface area contributed by atoms with Crippen molar-refractivity contribution in [3.05, 3.63) is 162 Å². The van der Waals surface area contributed by atoms with Crippen molar-refractivity contribution in [2.24, 2.45) is 0 Å². The van der Waals surface area contributed by atoms with Crippen LogP contribution in [-0.2, 0) is 16.2 Å². The molecule has 5 heteroatoms. The molecular formula is C59H58BN3O. The third-order valence-electron chi connectivity index (χ3n) is 15.9. The Labute approximate surface area is 379 Å². The molecule has 0 amide bonds. The van der Waals surface area contributed by atoms with Crippen molar-refractivity contribution in [2.75, 3.05) is 14.7 Å². The van der Waals surface area contributed by atoms with Gasteiger partial charge in [0.1, 0.15) is 11.2 Å². The summed E-state index contributed by atoms with van der Waals surface area (Å²) in [6, 6.07) is 53.5. The van der Waals surface area contributed by atoms with E-state index in [1.165, 1.54) is 97.7 Å². The summed E-state index contributed by atoms with van der Waals surface area (Å²) in [5.74, 6) is 0. The van der Waals surface area contributed by atoms with Crippen molar-refractivity contribution in [1.82, 2.24) is 0 Å². The Bertz CT molecular complexity index is 3220. The second-order valence-corrected chi connectivity index (χ2v) is 21.8. The fourth-order valence-corrected chi connectivity index (χ4v) is 12.4. The summed E-state index contributed by atoms with van der Waals surface area (Å²) in [4.78, 5) is 7.89. The molecule has 0 radical (unpaired) electrons. The normalized spacial score (nSPS) is 20.0. The second kappa shape index (κ2) is 13.4. The van der Waals surface area contributed by atoms with Crippen LogP contribution < -0.4 is 31.1 Å². The van der Waals surface area contributed by atoms with E-state index < -0.39 is 0 Å². The number of nitrogens with zero attached hydrogens (tertiary/aromatic N) is 3. The Morgan fingerprint density at radius 3 is 1.97 bits per heavy atom. The lowest BCUT2D eigenvalue weighted by atomic mass is 9.33. The molecule has 4 heterocycles. The van der Waals surface area contributed by atoms with E-state index in [9.17, 15) is 0 Å². The topological polar surface area (TPSA) is 22.9 Å². The lowest BCUT2D eigenvalue weighted by molar-refractivity contribution is 0.195. The van der Waals surface area contributed by atoms with Gasteiger partial charge in [-0.1, -0.05) is 134 Å². The number of hydrogen-bond donors (Lipinski definition) is 0. The van der Waals surface area contributed by atoms with Gasteiger partial charge in [-0.15, -0.1) is 0 Å². The molecule has 2 unspecified atom stereocenters. The van der Waals surface area contributed by atoms with Crippen LogP contribution >= 0.6 is 0 Å². The van der Waals surface area contributed by atoms with Crippen molar-refractivity contribution < 1.29 is 4.42 Å². The van der Waals surface area contributed by atoms with E-state index in [1.807, 2.05) is 0 Å². The molecule has 318 valence electrons. The Balaban J connectivity index is 1.17. The molecule has 12 rings (SSSR count). The average molecular weight is 836 g/mol. The minimum absolute atomic E-state index is 0.00925. The predicted molar refractivity (Wildman–Crippen MR) is 273 cm³/mol. The molecule has 0 bridgehead atoms. The zero-order valence-corrected chi connectivity index (χ0v) is 38.9. The van der Waals surface area contributed by atoms with Gasteiger partial charge < -0.3 is 19.1 Å². The number of anilines is 8. The van der Waals surface area contributed by atoms with Gasteiger partial charge in [-0.25, -0.2) is 0 Å². The van der Waals surface area contributed by atoms with Crippen molar-refractivity contribution in [3.63, 3.8) is 0 Å². The first-order valence-electron chi connectivity index (χ1n) is 23.6. The van der Waals surface area contributed by atoms with Crippen LogP contribution in [-0.4, -0.2) is 12.3 Å². The first-order chi connectivity index (χ1) is 30.7. The van der Waals surface area contributed by atoms with Crippen molar-refractivity contribution >= 4 is 90.5 Å². The maximum Gasteiger partial charge on any atom is 0.252 e. The first kappa shape index (κ1) is 39.4. The number of fused-ring (bicyclic) bond motifs is 10. The molecule has 1 aliphatic carbocycles. The van der Waals surface area contributed by atoms with Crippen LogP contribution in [0.2, 0.25) is 0 Å². The number of benzene rings is 7. The van der Waals surface area contributed by atoms with Gasteiger partial charge in [-0.05, 0) is 143 Å². The fraction of sp³-hybridized carbons (Fsp3) is 0.288. The van der Waals surface area contributed by atoms with Crippen molar-refractivity contribution in [1.29, 1.82) is 0 Å². The van der Waals surface area contributed by atoms with Gasteiger partial charge in [-0.3, -0.25) is 0 Å². The predicted octanol–water partition coefficient (Wildman–Crippen LogP) is 14.3. The maximum atomic E-state index is 6.65. The minimum Gasteiger partial charge on any atom is -0.456 e. The van der Waals surface area contributed by atoms with Gasteiger partial charge in [0.15, 0.2) is 0 Å². The summed E-state index contributed by atoms with van der Waals surface area (Å²) in [7, 11) is 0. The summed E-state index contributed by atoms with van der Waals surface area (Å²) in [6.45, 7) is 21.3. The van der Waals surface area contributed by atoms with Crippen LogP contribution in [0.4, 0.5) is 45.5 Å². The van der Waals surface area contributed by atoms with Crippen LogP contribution in [0.1, 0.15) is 103 Å². The molecule has 1 aromatic heterocycles. The highest BCUT2D eigenvalue weighted by atomic mass is 16.3. The number of para-hydroxylation sites is 2. The van der Waals surface area contributed by atoms with Crippen molar-refractivity contribution in [2.45, 2.75) is 110 Å². The van der Waals surface area contributed by atoms with Gasteiger partial charge in [-0.2, -0.15) is 0 Å². The monoisotopic (exact) mass is 835 g/mol. The van der Waals surface area contributed by atoms with E-state index in [0.29, 0.717) is 0 Å².